The lowest BCUT2D eigenvalue weighted by Gasteiger charge is -2.14. The van der Waals surface area contributed by atoms with Crippen molar-refractivity contribution in [2.24, 2.45) is 15.9 Å². The lowest BCUT2D eigenvalue weighted by Crippen LogP contribution is -2.36. The fraction of sp³-hybridized carbons (Fsp3) is 0.222. The van der Waals surface area contributed by atoms with Crippen LogP contribution in [0.15, 0.2) is 22.6 Å². The standard InChI is InChI=1S/C9H13N8O3P/c10-1-7(18)13-5-2-11-8(12-3-5)9-16-14-6(15-17-9)4-21(19)20/h2-3,19-20H,1,4,10H2,(H,13,18)(H,14,15)(H,16,17). The molecule has 1 aromatic heterocycles. The fourth-order valence-electron chi connectivity index (χ4n) is 1.32. The van der Waals surface area contributed by atoms with Gasteiger partial charge in [0.15, 0.2) is 20.0 Å². The number of nitrogens with one attached hydrogen (secondary N) is 3. The molecule has 0 fully saturated rings. The number of aromatic nitrogens is 2. The van der Waals surface area contributed by atoms with Gasteiger partial charge in [-0.05, 0) is 0 Å². The second-order valence-corrected chi connectivity index (χ2v) is 4.88. The van der Waals surface area contributed by atoms with Gasteiger partial charge in [-0.1, -0.05) is 0 Å². The highest BCUT2D eigenvalue weighted by Gasteiger charge is 2.14. The van der Waals surface area contributed by atoms with Crippen LogP contribution in [0, 0.1) is 0 Å². The minimum atomic E-state index is -2.09. The molecule has 112 valence electrons. The molecular formula is C9H13N8O3P. The maximum absolute atomic E-state index is 11.1. The maximum atomic E-state index is 11.1. The summed E-state index contributed by atoms with van der Waals surface area (Å²) in [4.78, 5) is 36.9. The quantitative estimate of drug-likeness (QED) is 0.334. The number of carbonyl (C=O) groups excluding carboxylic acids is 1. The van der Waals surface area contributed by atoms with E-state index >= 15 is 0 Å². The van der Waals surface area contributed by atoms with Crippen LogP contribution in [0.5, 0.6) is 0 Å². The monoisotopic (exact) mass is 312 g/mol. The average Bonchev–Trinajstić information content (AvgIpc) is 2.48. The number of hydrazone groups is 2. The largest absolute Gasteiger partial charge is 0.350 e. The lowest BCUT2D eigenvalue weighted by atomic mass is 10.4. The first-order valence-corrected chi connectivity index (χ1v) is 7.15. The van der Waals surface area contributed by atoms with Crippen LogP contribution in [0.1, 0.15) is 5.82 Å². The van der Waals surface area contributed by atoms with Gasteiger partial charge in [0.1, 0.15) is 0 Å². The third-order valence-electron chi connectivity index (χ3n) is 2.22. The predicted molar refractivity (Wildman–Crippen MR) is 76.2 cm³/mol. The molecule has 1 amide bonds. The van der Waals surface area contributed by atoms with Crippen LogP contribution in [-0.4, -0.2) is 50.0 Å². The van der Waals surface area contributed by atoms with Gasteiger partial charge < -0.3 is 20.8 Å². The third kappa shape index (κ3) is 4.39. The molecule has 0 spiro atoms. The number of anilines is 1. The molecule has 1 aliphatic heterocycles. The Kier molecular flexibility index (Phi) is 5.06. The first kappa shape index (κ1) is 15.2. The Balaban J connectivity index is 1.98. The molecule has 1 aliphatic rings. The van der Waals surface area contributed by atoms with Crippen molar-refractivity contribution < 1.29 is 14.6 Å². The Morgan fingerprint density at radius 1 is 1.29 bits per heavy atom. The summed E-state index contributed by atoms with van der Waals surface area (Å²) in [6, 6.07) is 0. The number of hydrogen-bond acceptors (Lipinski definition) is 10. The number of amides is 1. The molecule has 0 bridgehead atoms. The first-order chi connectivity index (χ1) is 10.1. The highest BCUT2D eigenvalue weighted by Crippen LogP contribution is 2.21. The number of carbonyl (C=O) groups is 1. The van der Waals surface area contributed by atoms with Crippen molar-refractivity contribution in [2.45, 2.75) is 0 Å². The molecule has 2 heterocycles. The van der Waals surface area contributed by atoms with Crippen molar-refractivity contribution in [2.75, 3.05) is 18.0 Å². The number of rotatable bonds is 5. The van der Waals surface area contributed by atoms with Crippen molar-refractivity contribution in [3.8, 4) is 0 Å². The van der Waals surface area contributed by atoms with Crippen LogP contribution in [-0.2, 0) is 4.79 Å². The minimum absolute atomic E-state index is 0.0238. The van der Waals surface area contributed by atoms with Gasteiger partial charge in [0.2, 0.25) is 11.7 Å². The van der Waals surface area contributed by atoms with Gasteiger partial charge in [-0.3, -0.25) is 15.6 Å². The molecule has 11 nitrogen and oxygen atoms in total. The summed E-state index contributed by atoms with van der Waals surface area (Å²) < 4.78 is 0. The number of amidine groups is 2. The van der Waals surface area contributed by atoms with E-state index in [0.29, 0.717) is 11.5 Å². The molecule has 21 heavy (non-hydrogen) atoms. The molecular weight excluding hydrogens is 299 g/mol. The van der Waals surface area contributed by atoms with E-state index in [0.717, 1.165) is 0 Å². The Morgan fingerprint density at radius 2 is 2.00 bits per heavy atom. The summed E-state index contributed by atoms with van der Waals surface area (Å²) in [6.07, 6.45) is 2.78. The van der Waals surface area contributed by atoms with Gasteiger partial charge in [0.05, 0.1) is 30.8 Å². The highest BCUT2D eigenvalue weighted by molar-refractivity contribution is 7.46. The van der Waals surface area contributed by atoms with E-state index in [9.17, 15) is 4.79 Å². The molecule has 0 aromatic carbocycles. The van der Waals surface area contributed by atoms with Gasteiger partial charge >= 0.3 is 0 Å². The molecule has 1 aromatic rings. The van der Waals surface area contributed by atoms with Crippen LogP contribution in [0.3, 0.4) is 0 Å². The van der Waals surface area contributed by atoms with Crippen LogP contribution in [0.25, 0.3) is 0 Å². The molecule has 0 saturated carbocycles. The molecule has 0 atom stereocenters. The molecule has 12 heteroatoms. The molecule has 0 aliphatic carbocycles. The summed E-state index contributed by atoms with van der Waals surface area (Å²) in [7, 11) is -2.09. The van der Waals surface area contributed by atoms with E-state index < -0.39 is 8.38 Å². The summed E-state index contributed by atoms with van der Waals surface area (Å²) in [6.45, 7) is -0.129. The lowest BCUT2D eigenvalue weighted by molar-refractivity contribution is -0.114. The van der Waals surface area contributed by atoms with E-state index in [4.69, 9.17) is 15.5 Å². The Hall–Kier alpha value is -2.20. The number of hydrogen-bond donors (Lipinski definition) is 6. The highest BCUT2D eigenvalue weighted by atomic mass is 31.2. The van der Waals surface area contributed by atoms with Gasteiger partial charge in [-0.15, -0.1) is 0 Å². The molecule has 2 rings (SSSR count). The Bertz CT molecular complexity index is 573. The van der Waals surface area contributed by atoms with Gasteiger partial charge in [0, 0.05) is 0 Å². The van der Waals surface area contributed by atoms with Gasteiger partial charge in [-0.2, -0.15) is 10.2 Å². The predicted octanol–water partition coefficient (Wildman–Crippen LogP) is -2.16. The summed E-state index contributed by atoms with van der Waals surface area (Å²) in [5.41, 5.74) is 10.7. The number of nitrogens with zero attached hydrogens (tertiary/aromatic N) is 4. The molecule has 0 unspecified atom stereocenters. The summed E-state index contributed by atoms with van der Waals surface area (Å²) >= 11 is 0. The van der Waals surface area contributed by atoms with Crippen molar-refractivity contribution in [3.63, 3.8) is 0 Å². The van der Waals surface area contributed by atoms with Gasteiger partial charge in [-0.25, -0.2) is 9.97 Å². The second-order valence-electron chi connectivity index (χ2n) is 3.82. The van der Waals surface area contributed by atoms with Crippen molar-refractivity contribution in [3.05, 3.63) is 18.2 Å². The van der Waals surface area contributed by atoms with Crippen LogP contribution in [0.2, 0.25) is 0 Å². The third-order valence-corrected chi connectivity index (χ3v) is 2.80. The zero-order chi connectivity index (χ0) is 15.2. The van der Waals surface area contributed by atoms with E-state index in [-0.39, 0.29) is 30.3 Å². The van der Waals surface area contributed by atoms with Crippen LogP contribution < -0.4 is 21.9 Å². The fourth-order valence-corrected chi connectivity index (χ4v) is 1.73. The first-order valence-electron chi connectivity index (χ1n) is 5.72. The molecule has 0 radical (unpaired) electrons. The zero-order valence-electron chi connectivity index (χ0n) is 10.7. The van der Waals surface area contributed by atoms with Crippen molar-refractivity contribution in [1.29, 1.82) is 0 Å². The zero-order valence-corrected chi connectivity index (χ0v) is 11.6. The smallest absolute Gasteiger partial charge is 0.238 e. The minimum Gasteiger partial charge on any atom is -0.350 e. The maximum Gasteiger partial charge on any atom is 0.238 e. The average molecular weight is 312 g/mol. The van der Waals surface area contributed by atoms with E-state index in [2.05, 4.69) is 36.3 Å². The van der Waals surface area contributed by atoms with Crippen molar-refractivity contribution in [1.82, 2.24) is 20.8 Å². The number of nitrogens with two attached hydrogens (primary N) is 1. The molecule has 0 saturated heterocycles. The van der Waals surface area contributed by atoms with Crippen LogP contribution >= 0.6 is 8.38 Å². The van der Waals surface area contributed by atoms with E-state index in [1.54, 1.807) is 0 Å². The summed E-state index contributed by atoms with van der Waals surface area (Å²) in [5, 5.41) is 10.3. The SMILES string of the molecule is NCC(=O)Nc1cnc(C2=NNC(CP(O)O)=NN2)nc1. The van der Waals surface area contributed by atoms with E-state index in [1.807, 2.05) is 0 Å². The second kappa shape index (κ2) is 6.99. The Morgan fingerprint density at radius 3 is 2.52 bits per heavy atom. The summed E-state index contributed by atoms with van der Waals surface area (Å²) in [5.74, 6) is 0.462. The normalized spacial score (nSPS) is 13.9. The van der Waals surface area contributed by atoms with Crippen molar-refractivity contribution >= 4 is 31.6 Å². The van der Waals surface area contributed by atoms with Gasteiger partial charge in [0.25, 0.3) is 0 Å². The van der Waals surface area contributed by atoms with E-state index in [1.165, 1.54) is 12.4 Å². The Labute approximate surface area is 120 Å². The molecule has 7 N–H and O–H groups in total. The topological polar surface area (TPSA) is 170 Å². The van der Waals surface area contributed by atoms with Crippen LogP contribution in [0.4, 0.5) is 5.69 Å².